The molecule has 0 atom stereocenters. The second-order valence-corrected chi connectivity index (χ2v) is 12.5. The first kappa shape index (κ1) is 32.3. The maximum atomic E-state index is 13.6. The first-order chi connectivity index (χ1) is 20.1. The van der Waals surface area contributed by atoms with E-state index in [0.29, 0.717) is 22.6 Å². The van der Waals surface area contributed by atoms with E-state index in [2.05, 4.69) is 27.8 Å². The van der Waals surface area contributed by atoms with Crippen LogP contribution in [0, 0.1) is 11.8 Å². The van der Waals surface area contributed by atoms with Gasteiger partial charge in [-0.3, -0.25) is 0 Å². The molecule has 43 heavy (non-hydrogen) atoms. The van der Waals surface area contributed by atoms with E-state index in [1.165, 1.54) is 12.1 Å². The zero-order valence-corrected chi connectivity index (χ0v) is 24.3. The van der Waals surface area contributed by atoms with Crippen molar-refractivity contribution in [1.29, 1.82) is 0 Å². The summed E-state index contributed by atoms with van der Waals surface area (Å²) >= 11 is 0. The third kappa shape index (κ3) is 8.96. The smallest absolute Gasteiger partial charge is 0.422 e. The minimum Gasteiger partial charge on any atom is -0.482 e. The number of fused-ring (bicyclic) bond motifs is 1. The predicted molar refractivity (Wildman–Crippen MR) is 153 cm³/mol. The van der Waals surface area contributed by atoms with Crippen LogP contribution in [0.2, 0.25) is 0 Å². The Kier molecular flexibility index (Phi) is 9.76. The summed E-state index contributed by atoms with van der Waals surface area (Å²) in [6, 6.07) is 10.8. The van der Waals surface area contributed by atoms with Gasteiger partial charge in [0.1, 0.15) is 12.3 Å². The van der Waals surface area contributed by atoms with Crippen LogP contribution < -0.4 is 20.7 Å². The maximum absolute atomic E-state index is 13.6. The summed E-state index contributed by atoms with van der Waals surface area (Å²) in [5.74, 6) is 5.12. The number of anilines is 2. The summed E-state index contributed by atoms with van der Waals surface area (Å²) in [7, 11) is -1.80. The van der Waals surface area contributed by atoms with Gasteiger partial charge in [0.15, 0.2) is 16.4 Å². The highest BCUT2D eigenvalue weighted by molar-refractivity contribution is 7.90. The fourth-order valence-corrected chi connectivity index (χ4v) is 5.68. The zero-order chi connectivity index (χ0) is 31.4. The molecular weight excluding hydrogens is 598 g/mol. The first-order valence-corrected chi connectivity index (χ1v) is 15.4. The lowest BCUT2D eigenvalue weighted by Crippen LogP contribution is -2.34. The topological polar surface area (TPSA) is 84.4 Å². The average Bonchev–Trinajstić information content (AvgIpc) is 3.26. The van der Waals surface area contributed by atoms with Gasteiger partial charge in [-0.15, -0.1) is 0 Å². The minimum absolute atomic E-state index is 0.0428. The van der Waals surface area contributed by atoms with Crippen molar-refractivity contribution >= 4 is 32.1 Å². The van der Waals surface area contributed by atoms with Gasteiger partial charge < -0.3 is 25.3 Å². The van der Waals surface area contributed by atoms with Gasteiger partial charge in [-0.1, -0.05) is 12.0 Å². The molecule has 4 rings (SSSR count). The summed E-state index contributed by atoms with van der Waals surface area (Å²) in [6.07, 6.45) is -4.45. The number of rotatable bonds is 9. The van der Waals surface area contributed by atoms with Crippen molar-refractivity contribution in [2.24, 2.45) is 0 Å². The molecule has 0 aliphatic heterocycles. The monoisotopic (exact) mass is 630 g/mol. The number of hydrogen-bond donors (Lipinski definition) is 3. The number of sulfone groups is 1. The number of nitrogens with one attached hydrogen (secondary N) is 3. The van der Waals surface area contributed by atoms with Gasteiger partial charge in [0.25, 0.3) is 0 Å². The lowest BCUT2D eigenvalue weighted by Gasteiger charge is -2.29. The van der Waals surface area contributed by atoms with E-state index in [9.17, 15) is 34.8 Å². The Balaban J connectivity index is 1.58. The molecule has 3 aromatic rings. The predicted octanol–water partition coefficient (Wildman–Crippen LogP) is 5.95. The normalized spacial score (nSPS) is 17.8. The van der Waals surface area contributed by atoms with Gasteiger partial charge in [-0.05, 0) is 69.0 Å². The Morgan fingerprint density at radius 1 is 0.953 bits per heavy atom. The average molecular weight is 631 g/mol. The van der Waals surface area contributed by atoms with Crippen molar-refractivity contribution in [2.75, 3.05) is 37.1 Å². The molecule has 0 amide bonds. The zero-order valence-electron chi connectivity index (χ0n) is 23.5. The number of aromatic nitrogens is 1. The van der Waals surface area contributed by atoms with Crippen LogP contribution in [0.1, 0.15) is 31.4 Å². The van der Waals surface area contributed by atoms with Crippen molar-refractivity contribution in [3.8, 4) is 17.6 Å². The van der Waals surface area contributed by atoms with Crippen molar-refractivity contribution < 1.29 is 39.5 Å². The highest BCUT2D eigenvalue weighted by atomic mass is 32.2. The largest absolute Gasteiger partial charge is 0.482 e. The SMILES string of the molecule is CNC1CCC(Nc2cccc3c2cc(C#CCNc2ccc(S(C)(=O)=O)cc2OCC(F)(F)F)n3CC(F)(F)F)CC1. The second kappa shape index (κ2) is 13.0. The van der Waals surface area contributed by atoms with Crippen molar-refractivity contribution in [2.45, 2.75) is 61.6 Å². The fourth-order valence-electron chi connectivity index (χ4n) is 5.04. The molecule has 234 valence electrons. The van der Waals surface area contributed by atoms with Crippen LogP contribution >= 0.6 is 0 Å². The van der Waals surface area contributed by atoms with Crippen molar-refractivity contribution in [3.05, 3.63) is 48.2 Å². The van der Waals surface area contributed by atoms with E-state index in [4.69, 9.17) is 4.74 Å². The highest BCUT2D eigenvalue weighted by Gasteiger charge is 2.31. The molecule has 7 nitrogen and oxygen atoms in total. The fraction of sp³-hybridized carbons (Fsp3) is 0.448. The third-order valence-electron chi connectivity index (χ3n) is 7.13. The summed E-state index contributed by atoms with van der Waals surface area (Å²) < 4.78 is 109. The Morgan fingerprint density at radius 3 is 2.28 bits per heavy atom. The molecule has 14 heteroatoms. The van der Waals surface area contributed by atoms with Crippen LogP contribution in [0.15, 0.2) is 47.4 Å². The van der Waals surface area contributed by atoms with E-state index in [-0.39, 0.29) is 34.6 Å². The molecule has 0 unspecified atom stereocenters. The van der Waals surface area contributed by atoms with E-state index in [1.807, 2.05) is 13.1 Å². The number of halogens is 6. The van der Waals surface area contributed by atoms with Gasteiger partial charge in [0, 0.05) is 35.5 Å². The summed E-state index contributed by atoms with van der Waals surface area (Å²) in [4.78, 5) is -0.238. The molecule has 0 bridgehead atoms. The standard InChI is InChI=1S/C29H32F6N4O3S/c1-36-19-8-10-20(11-9-19)38-24-6-3-7-26-23(24)15-21(39(26)17-28(30,31)32)5-4-14-37-25-13-12-22(43(2,40)41)16-27(25)42-18-29(33,34)35/h3,6-7,12-13,15-16,19-20,36-38H,8-11,14,17-18H2,1-2H3. The Morgan fingerprint density at radius 2 is 1.65 bits per heavy atom. The minimum atomic E-state index is -4.66. The van der Waals surface area contributed by atoms with Crippen LogP contribution in [0.5, 0.6) is 5.75 Å². The molecule has 1 saturated carbocycles. The van der Waals surface area contributed by atoms with E-state index in [1.54, 1.807) is 18.2 Å². The van der Waals surface area contributed by atoms with Gasteiger partial charge in [0.2, 0.25) is 0 Å². The van der Waals surface area contributed by atoms with Crippen LogP contribution in [-0.2, 0) is 16.4 Å². The van der Waals surface area contributed by atoms with Gasteiger partial charge in [-0.2, -0.15) is 26.3 Å². The lowest BCUT2D eigenvalue weighted by atomic mass is 9.91. The number of nitrogens with zero attached hydrogens (tertiary/aromatic N) is 1. The summed E-state index contributed by atoms with van der Waals surface area (Å²) in [6.45, 7) is -3.08. The number of ether oxygens (including phenoxy) is 1. The molecule has 3 N–H and O–H groups in total. The summed E-state index contributed by atoms with van der Waals surface area (Å²) in [5, 5.41) is 10.1. The molecule has 0 radical (unpaired) electrons. The molecular formula is C29H32F6N4O3S. The third-order valence-corrected chi connectivity index (χ3v) is 8.24. The second-order valence-electron chi connectivity index (χ2n) is 10.4. The number of benzene rings is 2. The van der Waals surface area contributed by atoms with Gasteiger partial charge in [0.05, 0.1) is 28.3 Å². The van der Waals surface area contributed by atoms with Gasteiger partial charge >= 0.3 is 12.4 Å². The molecule has 1 aromatic heterocycles. The van der Waals surface area contributed by atoms with Crippen LogP contribution in [-0.4, -0.2) is 63.9 Å². The number of alkyl halides is 6. The lowest BCUT2D eigenvalue weighted by molar-refractivity contribution is -0.153. The van der Waals surface area contributed by atoms with Crippen molar-refractivity contribution in [3.63, 3.8) is 0 Å². The molecule has 0 spiro atoms. The Labute approximate surface area is 245 Å². The molecule has 1 aliphatic rings. The van der Waals surface area contributed by atoms with Crippen LogP contribution in [0.25, 0.3) is 10.9 Å². The molecule has 1 heterocycles. The molecule has 1 aliphatic carbocycles. The number of hydrogen-bond acceptors (Lipinski definition) is 6. The first-order valence-electron chi connectivity index (χ1n) is 13.5. The Hall–Kier alpha value is -3.57. The Bertz CT molecular complexity index is 1600. The van der Waals surface area contributed by atoms with E-state index < -0.39 is 35.3 Å². The van der Waals surface area contributed by atoms with Crippen LogP contribution in [0.4, 0.5) is 37.7 Å². The van der Waals surface area contributed by atoms with Gasteiger partial charge in [-0.25, -0.2) is 8.42 Å². The van der Waals surface area contributed by atoms with Crippen LogP contribution in [0.3, 0.4) is 0 Å². The molecule has 1 fully saturated rings. The van der Waals surface area contributed by atoms with E-state index >= 15 is 0 Å². The summed E-state index contributed by atoms with van der Waals surface area (Å²) in [5.41, 5.74) is 1.23. The molecule has 2 aromatic carbocycles. The highest BCUT2D eigenvalue weighted by Crippen LogP contribution is 2.33. The molecule has 0 saturated heterocycles. The van der Waals surface area contributed by atoms with Crippen molar-refractivity contribution in [1.82, 2.24) is 9.88 Å². The van der Waals surface area contributed by atoms with E-state index in [0.717, 1.165) is 42.6 Å². The maximum Gasteiger partial charge on any atom is 0.422 e. The quantitative estimate of drug-likeness (QED) is 0.200.